The summed E-state index contributed by atoms with van der Waals surface area (Å²) < 4.78 is 6.30. The van der Waals surface area contributed by atoms with Gasteiger partial charge in [-0.3, -0.25) is 19.5 Å². The van der Waals surface area contributed by atoms with Crippen molar-refractivity contribution in [2.45, 2.75) is 13.5 Å². The highest BCUT2D eigenvalue weighted by molar-refractivity contribution is 5.83. The summed E-state index contributed by atoms with van der Waals surface area (Å²) in [6, 6.07) is 9.37. The van der Waals surface area contributed by atoms with Gasteiger partial charge in [0.15, 0.2) is 0 Å². The second kappa shape index (κ2) is 7.74. The lowest BCUT2D eigenvalue weighted by atomic mass is 10.2. The first-order valence-electron chi connectivity index (χ1n) is 8.28. The largest absolute Gasteiger partial charge is 0.865 e. The molecule has 0 saturated heterocycles. The minimum Gasteiger partial charge on any atom is -0.865 e. The van der Waals surface area contributed by atoms with Gasteiger partial charge in [0.1, 0.15) is 5.75 Å². The fraction of sp³-hybridized carbons (Fsp3) is 0.167. The Kier molecular flexibility index (Phi) is 5.21. The molecule has 1 N–H and O–H groups in total. The van der Waals surface area contributed by atoms with Crippen LogP contribution in [0.25, 0.3) is 10.9 Å². The number of rotatable bonds is 6. The Balaban J connectivity index is 1.96. The maximum absolute atomic E-state index is 12.6. The van der Waals surface area contributed by atoms with Gasteiger partial charge < -0.3 is 9.84 Å². The molecule has 2 aromatic carbocycles. The molecule has 0 aliphatic carbocycles. The number of nitrogens with one attached hydrogen (secondary N) is 1. The molecule has 0 saturated carbocycles. The van der Waals surface area contributed by atoms with E-state index < -0.39 is 16.4 Å². The maximum atomic E-state index is 12.6. The van der Waals surface area contributed by atoms with Gasteiger partial charge in [-0.15, -0.1) is 0 Å². The van der Waals surface area contributed by atoms with E-state index in [0.717, 1.165) is 6.07 Å². The number of hydrogen-bond acceptors (Lipinski definition) is 8. The fourth-order valence-corrected chi connectivity index (χ4v) is 2.68. The molecule has 3 rings (SSSR count). The molecule has 144 valence electrons. The van der Waals surface area contributed by atoms with Crippen LogP contribution in [0.2, 0.25) is 0 Å². The van der Waals surface area contributed by atoms with Crippen LogP contribution in [0.5, 0.6) is 11.5 Å². The Bertz CT molecular complexity index is 1140. The van der Waals surface area contributed by atoms with Crippen LogP contribution in [-0.4, -0.2) is 27.8 Å². The topological polar surface area (TPSA) is 135 Å². The summed E-state index contributed by atoms with van der Waals surface area (Å²) in [5.41, 5.74) is 2.65. The van der Waals surface area contributed by atoms with E-state index in [1.807, 2.05) is 0 Å². The molecule has 0 aliphatic rings. The number of benzene rings is 2. The highest BCUT2D eigenvalue weighted by atomic mass is 16.6. The van der Waals surface area contributed by atoms with E-state index in [-0.39, 0.29) is 22.8 Å². The van der Waals surface area contributed by atoms with Gasteiger partial charge in [-0.25, -0.2) is 10.4 Å². The Morgan fingerprint density at radius 1 is 1.36 bits per heavy atom. The molecule has 0 unspecified atom stereocenters. The van der Waals surface area contributed by atoms with Crippen LogP contribution >= 0.6 is 0 Å². The SMILES string of the molecule is CCn1c(N/N=C\c2cc(OC)c([O-])c([N+](=O)[O-])c2)nc2ccccc2c1=O. The number of aromatic nitrogens is 2. The fourth-order valence-electron chi connectivity index (χ4n) is 2.68. The Hall–Kier alpha value is -3.95. The highest BCUT2D eigenvalue weighted by Crippen LogP contribution is 2.33. The third kappa shape index (κ3) is 3.47. The minimum atomic E-state index is -0.811. The average molecular weight is 382 g/mol. The lowest BCUT2D eigenvalue weighted by Gasteiger charge is -2.13. The Morgan fingerprint density at radius 3 is 2.79 bits per heavy atom. The van der Waals surface area contributed by atoms with Gasteiger partial charge >= 0.3 is 0 Å². The van der Waals surface area contributed by atoms with Gasteiger partial charge in [0.25, 0.3) is 11.2 Å². The summed E-state index contributed by atoms with van der Waals surface area (Å²) in [7, 11) is 1.25. The monoisotopic (exact) mass is 382 g/mol. The van der Waals surface area contributed by atoms with Crippen LogP contribution in [0.15, 0.2) is 46.3 Å². The van der Waals surface area contributed by atoms with Crippen molar-refractivity contribution in [2.75, 3.05) is 12.5 Å². The number of hydrogen-bond donors (Lipinski definition) is 1. The van der Waals surface area contributed by atoms with Crippen LogP contribution in [0.4, 0.5) is 11.6 Å². The second-order valence-corrected chi connectivity index (χ2v) is 5.70. The van der Waals surface area contributed by atoms with E-state index in [1.165, 1.54) is 24.0 Å². The van der Waals surface area contributed by atoms with E-state index in [0.29, 0.717) is 17.4 Å². The number of nitro groups is 1. The van der Waals surface area contributed by atoms with Crippen LogP contribution in [-0.2, 0) is 6.54 Å². The molecular formula is C18H16N5O5-. The molecule has 0 aliphatic heterocycles. The normalized spacial score (nSPS) is 11.1. The van der Waals surface area contributed by atoms with Crippen LogP contribution in [0, 0.1) is 10.1 Å². The van der Waals surface area contributed by atoms with Gasteiger partial charge in [0.05, 0.1) is 29.2 Å². The molecular weight excluding hydrogens is 366 g/mol. The number of methoxy groups -OCH3 is 1. The predicted octanol–water partition coefficient (Wildman–Crippen LogP) is 1.85. The van der Waals surface area contributed by atoms with Crippen molar-refractivity contribution in [1.82, 2.24) is 9.55 Å². The first kappa shape index (κ1) is 18.8. The van der Waals surface area contributed by atoms with E-state index in [1.54, 1.807) is 31.2 Å². The summed E-state index contributed by atoms with van der Waals surface area (Å²) >= 11 is 0. The molecule has 0 atom stereocenters. The van der Waals surface area contributed by atoms with Crippen molar-refractivity contribution >= 4 is 28.8 Å². The molecule has 0 amide bonds. The van der Waals surface area contributed by atoms with Crippen molar-refractivity contribution in [1.29, 1.82) is 0 Å². The third-order valence-corrected chi connectivity index (χ3v) is 4.03. The molecule has 0 fully saturated rings. The van der Waals surface area contributed by atoms with Crippen LogP contribution in [0.1, 0.15) is 12.5 Å². The molecule has 10 heteroatoms. The minimum absolute atomic E-state index is 0.162. The summed E-state index contributed by atoms with van der Waals surface area (Å²) in [5.74, 6) is -0.747. The highest BCUT2D eigenvalue weighted by Gasteiger charge is 2.13. The van der Waals surface area contributed by atoms with E-state index >= 15 is 0 Å². The van der Waals surface area contributed by atoms with Crippen molar-refractivity contribution in [3.8, 4) is 11.5 Å². The smallest absolute Gasteiger partial charge is 0.266 e. The van der Waals surface area contributed by atoms with E-state index in [9.17, 15) is 20.0 Å². The average Bonchev–Trinajstić information content (AvgIpc) is 2.69. The molecule has 0 radical (unpaired) electrons. The second-order valence-electron chi connectivity index (χ2n) is 5.70. The molecule has 28 heavy (non-hydrogen) atoms. The zero-order valence-electron chi connectivity index (χ0n) is 15.1. The maximum Gasteiger partial charge on any atom is 0.266 e. The summed E-state index contributed by atoms with van der Waals surface area (Å²) in [4.78, 5) is 27.2. The number of ether oxygens (including phenoxy) is 1. The Morgan fingerprint density at radius 2 is 2.11 bits per heavy atom. The van der Waals surface area contributed by atoms with Crippen LogP contribution in [0.3, 0.4) is 0 Å². The first-order valence-corrected chi connectivity index (χ1v) is 8.28. The van der Waals surface area contributed by atoms with Gasteiger partial charge in [0.2, 0.25) is 5.95 Å². The molecule has 10 nitrogen and oxygen atoms in total. The number of anilines is 1. The van der Waals surface area contributed by atoms with Gasteiger partial charge in [-0.05, 0) is 25.1 Å². The summed E-state index contributed by atoms with van der Waals surface area (Å²) in [5, 5.41) is 27.4. The quantitative estimate of drug-likeness (QED) is 0.390. The number of para-hydroxylation sites is 1. The Labute approximate surface area is 158 Å². The lowest BCUT2D eigenvalue weighted by molar-refractivity contribution is -0.398. The van der Waals surface area contributed by atoms with E-state index in [4.69, 9.17) is 4.74 Å². The van der Waals surface area contributed by atoms with Crippen molar-refractivity contribution in [3.63, 3.8) is 0 Å². The number of nitro benzene ring substituents is 1. The standard InChI is InChI=1S/C18H17N5O5/c1-3-22-17(25)12-6-4-5-7-13(12)20-18(22)21-19-10-11-8-14(23(26)27)16(24)15(9-11)28-2/h4-10,24H,3H2,1-2H3,(H,20,21)/p-1/b19-10-. The predicted molar refractivity (Wildman–Crippen MR) is 102 cm³/mol. The summed E-state index contributed by atoms with van der Waals surface area (Å²) in [6.45, 7) is 2.17. The number of hydrazone groups is 1. The summed E-state index contributed by atoms with van der Waals surface area (Å²) in [6.07, 6.45) is 1.27. The van der Waals surface area contributed by atoms with Crippen molar-refractivity contribution < 1.29 is 14.8 Å². The number of fused-ring (bicyclic) bond motifs is 1. The zero-order valence-corrected chi connectivity index (χ0v) is 15.1. The zero-order chi connectivity index (χ0) is 20.3. The first-order chi connectivity index (χ1) is 13.5. The molecule has 1 aromatic heterocycles. The number of nitrogens with zero attached hydrogens (tertiary/aromatic N) is 4. The van der Waals surface area contributed by atoms with E-state index in [2.05, 4.69) is 15.5 Å². The lowest BCUT2D eigenvalue weighted by Crippen LogP contribution is -2.23. The van der Waals surface area contributed by atoms with Gasteiger partial charge in [-0.2, -0.15) is 5.10 Å². The third-order valence-electron chi connectivity index (χ3n) is 4.03. The van der Waals surface area contributed by atoms with Crippen molar-refractivity contribution in [3.05, 3.63) is 62.4 Å². The van der Waals surface area contributed by atoms with Crippen LogP contribution < -0.4 is 20.8 Å². The molecule has 0 bridgehead atoms. The van der Waals surface area contributed by atoms with Gasteiger partial charge in [-0.1, -0.05) is 12.1 Å². The molecule has 1 heterocycles. The molecule has 3 aromatic rings. The van der Waals surface area contributed by atoms with Crippen molar-refractivity contribution in [2.24, 2.45) is 5.10 Å². The van der Waals surface area contributed by atoms with Gasteiger partial charge in [0, 0.05) is 23.9 Å². The molecule has 0 spiro atoms.